The molecule has 0 spiro atoms. The van der Waals surface area contributed by atoms with Crippen LogP contribution in [-0.4, -0.2) is 41.5 Å². The van der Waals surface area contributed by atoms with Gasteiger partial charge in [0.05, 0.1) is 18.8 Å². The Hall–Kier alpha value is -2.18. The van der Waals surface area contributed by atoms with Crippen LogP contribution in [0.5, 0.6) is 5.75 Å². The average Bonchev–Trinajstić information content (AvgIpc) is 2.99. The molecule has 1 aliphatic heterocycles. The predicted molar refractivity (Wildman–Crippen MR) is 114 cm³/mol. The van der Waals surface area contributed by atoms with E-state index >= 15 is 0 Å². The molecule has 2 aromatic rings. The fraction of sp³-hybridized carbons (Fsp3) is 0.455. The lowest BCUT2D eigenvalue weighted by molar-refractivity contribution is -0.134. The molecule has 1 amide bonds. The van der Waals surface area contributed by atoms with Crippen LogP contribution in [0.2, 0.25) is 0 Å². The Balaban J connectivity index is 0.00000300. The second-order valence-electron chi connectivity index (χ2n) is 7.09. The molecular formula is C22H29ClFN3O2. The van der Waals surface area contributed by atoms with Gasteiger partial charge in [-0.25, -0.2) is 4.39 Å². The number of pyridine rings is 1. The van der Waals surface area contributed by atoms with Crippen molar-refractivity contribution in [2.24, 2.45) is 0 Å². The van der Waals surface area contributed by atoms with Crippen LogP contribution in [0.25, 0.3) is 0 Å². The molecule has 1 aliphatic rings. The van der Waals surface area contributed by atoms with E-state index in [1.165, 1.54) is 12.1 Å². The zero-order valence-corrected chi connectivity index (χ0v) is 17.4. The molecule has 1 unspecified atom stereocenters. The first-order valence-corrected chi connectivity index (χ1v) is 10.0. The summed E-state index contributed by atoms with van der Waals surface area (Å²) < 4.78 is 18.8. The third-order valence-corrected chi connectivity index (χ3v) is 4.96. The van der Waals surface area contributed by atoms with Crippen LogP contribution < -0.4 is 10.1 Å². The van der Waals surface area contributed by atoms with E-state index < -0.39 is 0 Å². The number of carbonyl (C=O) groups is 1. The van der Waals surface area contributed by atoms with Crippen molar-refractivity contribution in [2.75, 3.05) is 19.7 Å². The highest BCUT2D eigenvalue weighted by Gasteiger charge is 2.24. The van der Waals surface area contributed by atoms with Crippen molar-refractivity contribution < 1.29 is 13.9 Å². The number of ether oxygens (including phenoxy) is 1. The van der Waals surface area contributed by atoms with E-state index in [9.17, 15) is 9.18 Å². The van der Waals surface area contributed by atoms with Crippen LogP contribution in [0.15, 0.2) is 48.7 Å². The molecule has 158 valence electrons. The van der Waals surface area contributed by atoms with Gasteiger partial charge in [0.2, 0.25) is 5.91 Å². The molecule has 29 heavy (non-hydrogen) atoms. The maximum atomic E-state index is 13.2. The van der Waals surface area contributed by atoms with E-state index in [1.807, 2.05) is 23.1 Å². The zero-order chi connectivity index (χ0) is 19.6. The summed E-state index contributed by atoms with van der Waals surface area (Å²) in [4.78, 5) is 19.4. The molecule has 1 aromatic heterocycles. The van der Waals surface area contributed by atoms with Gasteiger partial charge in [0.25, 0.3) is 0 Å². The molecule has 7 heteroatoms. The first-order chi connectivity index (χ1) is 13.7. The molecule has 0 bridgehead atoms. The van der Waals surface area contributed by atoms with E-state index in [4.69, 9.17) is 4.74 Å². The van der Waals surface area contributed by atoms with Crippen molar-refractivity contribution in [3.63, 3.8) is 0 Å². The fourth-order valence-corrected chi connectivity index (χ4v) is 3.51. The summed E-state index contributed by atoms with van der Waals surface area (Å²) in [6.45, 7) is 2.86. The summed E-state index contributed by atoms with van der Waals surface area (Å²) in [5, 5.41) is 3.41. The number of rotatable bonds is 8. The molecule has 0 radical (unpaired) electrons. The first-order valence-electron chi connectivity index (χ1n) is 10.0. The SMILES string of the molecule is Cl.O=C(CCCOc1cccc(F)c1)N(Cc1ccccn1)C1CCCNCC1. The normalized spacial score (nSPS) is 16.4. The summed E-state index contributed by atoms with van der Waals surface area (Å²) in [5.41, 5.74) is 0.907. The molecule has 1 fully saturated rings. The number of nitrogens with zero attached hydrogens (tertiary/aromatic N) is 2. The van der Waals surface area contributed by atoms with Gasteiger partial charge in [-0.3, -0.25) is 9.78 Å². The molecule has 0 saturated carbocycles. The Kier molecular flexibility index (Phi) is 9.88. The largest absolute Gasteiger partial charge is 0.493 e. The standard InChI is InChI=1S/C22H28FN3O2.ClH/c23-18-6-3-9-21(16-18)28-15-5-10-22(27)26(17-19-7-1-2-13-25-19)20-8-4-12-24-14-11-20;/h1-3,6-7,9,13,16,20,24H,4-5,8,10-12,14-15,17H2;1H. The summed E-state index contributed by atoms with van der Waals surface area (Å²) in [7, 11) is 0. The highest BCUT2D eigenvalue weighted by atomic mass is 35.5. The number of amides is 1. The van der Waals surface area contributed by atoms with Crippen LogP contribution in [0, 0.1) is 5.82 Å². The van der Waals surface area contributed by atoms with Crippen molar-refractivity contribution in [3.05, 3.63) is 60.2 Å². The van der Waals surface area contributed by atoms with E-state index in [-0.39, 0.29) is 30.2 Å². The van der Waals surface area contributed by atoms with Gasteiger partial charge in [0.1, 0.15) is 11.6 Å². The lowest BCUT2D eigenvalue weighted by Gasteiger charge is -2.31. The number of nitrogens with one attached hydrogen (secondary N) is 1. The third kappa shape index (κ3) is 7.63. The number of hydrogen-bond donors (Lipinski definition) is 1. The maximum absolute atomic E-state index is 13.2. The zero-order valence-electron chi connectivity index (χ0n) is 16.6. The number of carbonyl (C=O) groups excluding carboxylic acids is 1. The van der Waals surface area contributed by atoms with Gasteiger partial charge in [-0.05, 0) is 63.0 Å². The summed E-state index contributed by atoms with van der Waals surface area (Å²) in [5.74, 6) is 0.296. The third-order valence-electron chi connectivity index (χ3n) is 4.96. The van der Waals surface area contributed by atoms with Crippen LogP contribution in [-0.2, 0) is 11.3 Å². The van der Waals surface area contributed by atoms with Crippen molar-refractivity contribution >= 4 is 18.3 Å². The van der Waals surface area contributed by atoms with Gasteiger partial charge in [0, 0.05) is 24.7 Å². The Morgan fingerprint density at radius 2 is 2.10 bits per heavy atom. The molecule has 1 atom stereocenters. The minimum Gasteiger partial charge on any atom is -0.493 e. The minimum atomic E-state index is -0.322. The molecule has 5 nitrogen and oxygen atoms in total. The van der Waals surface area contributed by atoms with Gasteiger partial charge in [-0.1, -0.05) is 12.1 Å². The van der Waals surface area contributed by atoms with E-state index in [2.05, 4.69) is 10.3 Å². The van der Waals surface area contributed by atoms with E-state index in [0.717, 1.165) is 38.0 Å². The molecule has 1 saturated heterocycles. The second-order valence-corrected chi connectivity index (χ2v) is 7.09. The first kappa shape index (κ1) is 23.1. The lowest BCUT2D eigenvalue weighted by atomic mass is 10.1. The highest BCUT2D eigenvalue weighted by Crippen LogP contribution is 2.18. The van der Waals surface area contributed by atoms with Gasteiger partial charge in [-0.15, -0.1) is 12.4 Å². The van der Waals surface area contributed by atoms with Crippen molar-refractivity contribution in [3.8, 4) is 5.75 Å². The molecular weight excluding hydrogens is 393 g/mol. The number of hydrogen-bond acceptors (Lipinski definition) is 4. The molecule has 1 aromatic carbocycles. The van der Waals surface area contributed by atoms with Gasteiger partial charge in [-0.2, -0.15) is 0 Å². The minimum absolute atomic E-state index is 0. The smallest absolute Gasteiger partial charge is 0.223 e. The topological polar surface area (TPSA) is 54.5 Å². The van der Waals surface area contributed by atoms with E-state index in [0.29, 0.717) is 31.7 Å². The fourth-order valence-electron chi connectivity index (χ4n) is 3.51. The molecule has 0 aliphatic carbocycles. The Morgan fingerprint density at radius 1 is 1.21 bits per heavy atom. The van der Waals surface area contributed by atoms with Crippen molar-refractivity contribution in [1.29, 1.82) is 0 Å². The molecule has 1 N–H and O–H groups in total. The number of halogens is 2. The average molecular weight is 422 g/mol. The number of aromatic nitrogens is 1. The van der Waals surface area contributed by atoms with Crippen LogP contribution in [0.1, 0.15) is 37.8 Å². The monoisotopic (exact) mass is 421 g/mol. The summed E-state index contributed by atoms with van der Waals surface area (Å²) in [6.07, 6.45) is 5.80. The predicted octanol–water partition coefficient (Wildman–Crippen LogP) is 3.97. The Bertz CT molecular complexity index is 740. The van der Waals surface area contributed by atoms with Crippen LogP contribution >= 0.6 is 12.4 Å². The summed E-state index contributed by atoms with van der Waals surface area (Å²) >= 11 is 0. The van der Waals surface area contributed by atoms with E-state index in [1.54, 1.807) is 18.3 Å². The lowest BCUT2D eigenvalue weighted by Crippen LogP contribution is -2.40. The van der Waals surface area contributed by atoms with Gasteiger partial charge < -0.3 is 15.0 Å². The Morgan fingerprint density at radius 3 is 2.90 bits per heavy atom. The van der Waals surface area contributed by atoms with Crippen molar-refractivity contribution in [1.82, 2.24) is 15.2 Å². The molecule has 3 rings (SSSR count). The maximum Gasteiger partial charge on any atom is 0.223 e. The van der Waals surface area contributed by atoms with Gasteiger partial charge >= 0.3 is 0 Å². The highest BCUT2D eigenvalue weighted by molar-refractivity contribution is 5.85. The van der Waals surface area contributed by atoms with Crippen LogP contribution in [0.4, 0.5) is 4.39 Å². The van der Waals surface area contributed by atoms with Crippen LogP contribution in [0.3, 0.4) is 0 Å². The van der Waals surface area contributed by atoms with Gasteiger partial charge in [0.15, 0.2) is 0 Å². The Labute approximate surface area is 178 Å². The molecule has 2 heterocycles. The number of benzene rings is 1. The summed E-state index contributed by atoms with van der Waals surface area (Å²) in [6, 6.07) is 12.1. The van der Waals surface area contributed by atoms with Crippen molar-refractivity contribution in [2.45, 2.75) is 44.7 Å². The quantitative estimate of drug-likeness (QED) is 0.655. The second kappa shape index (κ2) is 12.4.